The smallest absolute Gasteiger partial charge is 0.226 e. The Balaban J connectivity index is 1.46. The minimum atomic E-state index is 0.0726. The summed E-state index contributed by atoms with van der Waals surface area (Å²) in [6.07, 6.45) is 1.96. The Labute approximate surface area is 155 Å². The number of carbonyl (C=O) groups excluding carboxylic acids is 2. The molecular weight excluding hydrogens is 330 g/mol. The lowest BCUT2D eigenvalue weighted by Crippen LogP contribution is -2.51. The van der Waals surface area contributed by atoms with E-state index in [1.165, 1.54) is 0 Å². The number of benzene rings is 1. The third kappa shape index (κ3) is 4.55. The second kappa shape index (κ2) is 8.54. The number of hydrogen-bond acceptors (Lipinski definition) is 4. The fourth-order valence-corrected chi connectivity index (χ4v) is 3.69. The van der Waals surface area contributed by atoms with Gasteiger partial charge in [0.15, 0.2) is 0 Å². The lowest BCUT2D eigenvalue weighted by atomic mass is 9.94. The summed E-state index contributed by atoms with van der Waals surface area (Å²) in [7, 11) is 3.72. The van der Waals surface area contributed by atoms with Crippen LogP contribution in [0.1, 0.15) is 18.4 Å². The quantitative estimate of drug-likeness (QED) is 0.812. The Bertz CT molecular complexity index is 616. The molecule has 0 aromatic heterocycles. The molecule has 1 aromatic rings. The highest BCUT2D eigenvalue weighted by Gasteiger charge is 2.31. The molecule has 6 heteroatoms. The van der Waals surface area contributed by atoms with E-state index in [9.17, 15) is 9.59 Å². The molecule has 142 valence electrons. The first-order valence-corrected chi connectivity index (χ1v) is 9.45. The molecule has 2 heterocycles. The van der Waals surface area contributed by atoms with Crippen molar-refractivity contribution in [2.45, 2.75) is 19.3 Å². The largest absolute Gasteiger partial charge is 0.497 e. The number of rotatable bonds is 4. The minimum absolute atomic E-state index is 0.0726. The molecule has 2 amide bonds. The molecule has 0 N–H and O–H groups in total. The molecule has 2 fully saturated rings. The van der Waals surface area contributed by atoms with Gasteiger partial charge in [-0.1, -0.05) is 12.1 Å². The summed E-state index contributed by atoms with van der Waals surface area (Å²) < 4.78 is 5.15. The second-order valence-electron chi connectivity index (χ2n) is 7.31. The molecule has 3 rings (SSSR count). The van der Waals surface area contributed by atoms with Crippen LogP contribution in [0.4, 0.5) is 0 Å². The van der Waals surface area contributed by atoms with E-state index in [2.05, 4.69) is 11.9 Å². The van der Waals surface area contributed by atoms with Gasteiger partial charge in [-0.15, -0.1) is 0 Å². The summed E-state index contributed by atoms with van der Waals surface area (Å²) in [5.74, 6) is 1.29. The summed E-state index contributed by atoms with van der Waals surface area (Å²) >= 11 is 0. The number of piperazine rings is 1. The molecule has 1 aromatic carbocycles. The Kier molecular flexibility index (Phi) is 6.14. The van der Waals surface area contributed by atoms with Crippen molar-refractivity contribution in [2.24, 2.45) is 5.92 Å². The van der Waals surface area contributed by atoms with Crippen LogP contribution in [0, 0.1) is 5.92 Å². The predicted molar refractivity (Wildman–Crippen MR) is 100 cm³/mol. The van der Waals surface area contributed by atoms with Crippen molar-refractivity contribution in [2.75, 3.05) is 53.4 Å². The zero-order chi connectivity index (χ0) is 18.5. The fourth-order valence-electron chi connectivity index (χ4n) is 3.69. The maximum atomic E-state index is 12.7. The first-order valence-electron chi connectivity index (χ1n) is 9.45. The summed E-state index contributed by atoms with van der Waals surface area (Å²) in [5, 5.41) is 0. The second-order valence-corrected chi connectivity index (χ2v) is 7.31. The Morgan fingerprint density at radius 3 is 2.15 bits per heavy atom. The van der Waals surface area contributed by atoms with Gasteiger partial charge in [0, 0.05) is 45.2 Å². The number of likely N-dealkylation sites (N-methyl/N-ethyl adjacent to an activating group) is 1. The van der Waals surface area contributed by atoms with Gasteiger partial charge in [-0.3, -0.25) is 9.59 Å². The van der Waals surface area contributed by atoms with Gasteiger partial charge >= 0.3 is 0 Å². The summed E-state index contributed by atoms with van der Waals surface area (Å²) in [4.78, 5) is 31.4. The van der Waals surface area contributed by atoms with Gasteiger partial charge < -0.3 is 19.4 Å². The van der Waals surface area contributed by atoms with Crippen LogP contribution in [-0.2, 0) is 16.0 Å². The van der Waals surface area contributed by atoms with Gasteiger partial charge in [0.1, 0.15) is 5.75 Å². The number of piperidine rings is 1. The monoisotopic (exact) mass is 359 g/mol. The van der Waals surface area contributed by atoms with Gasteiger partial charge in [-0.2, -0.15) is 0 Å². The van der Waals surface area contributed by atoms with Crippen LogP contribution in [0.25, 0.3) is 0 Å². The van der Waals surface area contributed by atoms with Crippen molar-refractivity contribution in [3.05, 3.63) is 29.8 Å². The highest BCUT2D eigenvalue weighted by molar-refractivity contribution is 5.81. The number of nitrogens with zero attached hydrogens (tertiary/aromatic N) is 3. The Morgan fingerprint density at radius 1 is 0.962 bits per heavy atom. The molecule has 2 aliphatic rings. The average Bonchev–Trinajstić information content (AvgIpc) is 2.69. The van der Waals surface area contributed by atoms with Crippen molar-refractivity contribution in [1.82, 2.24) is 14.7 Å². The zero-order valence-corrected chi connectivity index (χ0v) is 15.8. The number of amides is 2. The molecule has 0 spiro atoms. The van der Waals surface area contributed by atoms with E-state index >= 15 is 0 Å². The average molecular weight is 359 g/mol. The summed E-state index contributed by atoms with van der Waals surface area (Å²) in [6, 6.07) is 7.62. The normalized spacial score (nSPS) is 19.5. The SMILES string of the molecule is COc1ccc(CC(=O)N2CCC(C(=O)N3CCN(C)CC3)CC2)cc1. The molecule has 0 bridgehead atoms. The van der Waals surface area contributed by atoms with E-state index in [-0.39, 0.29) is 17.7 Å². The van der Waals surface area contributed by atoms with Gasteiger partial charge in [0.2, 0.25) is 11.8 Å². The highest BCUT2D eigenvalue weighted by Crippen LogP contribution is 2.21. The molecule has 2 aliphatic heterocycles. The summed E-state index contributed by atoms with van der Waals surface area (Å²) in [6.45, 7) is 4.91. The molecule has 0 radical (unpaired) electrons. The van der Waals surface area contributed by atoms with Crippen molar-refractivity contribution < 1.29 is 14.3 Å². The van der Waals surface area contributed by atoms with Crippen LogP contribution in [-0.4, -0.2) is 79.9 Å². The minimum Gasteiger partial charge on any atom is -0.497 e. The van der Waals surface area contributed by atoms with Gasteiger partial charge in [-0.25, -0.2) is 0 Å². The number of methoxy groups -OCH3 is 1. The molecule has 0 aliphatic carbocycles. The number of carbonyl (C=O) groups is 2. The van der Waals surface area contributed by atoms with Crippen LogP contribution in [0.5, 0.6) is 5.75 Å². The Hall–Kier alpha value is -2.08. The van der Waals surface area contributed by atoms with Crippen LogP contribution in [0.15, 0.2) is 24.3 Å². The van der Waals surface area contributed by atoms with E-state index in [0.717, 1.165) is 50.3 Å². The Morgan fingerprint density at radius 2 is 1.58 bits per heavy atom. The van der Waals surface area contributed by atoms with E-state index in [1.54, 1.807) is 7.11 Å². The fraction of sp³-hybridized carbons (Fsp3) is 0.600. The maximum Gasteiger partial charge on any atom is 0.226 e. The molecule has 0 unspecified atom stereocenters. The van der Waals surface area contributed by atoms with Crippen molar-refractivity contribution in [3.8, 4) is 5.75 Å². The van der Waals surface area contributed by atoms with Crippen LogP contribution < -0.4 is 4.74 Å². The third-order valence-electron chi connectivity index (χ3n) is 5.53. The molecule has 26 heavy (non-hydrogen) atoms. The lowest BCUT2D eigenvalue weighted by molar-refractivity contribution is -0.141. The van der Waals surface area contributed by atoms with Crippen molar-refractivity contribution >= 4 is 11.8 Å². The maximum absolute atomic E-state index is 12.7. The van der Waals surface area contributed by atoms with E-state index in [0.29, 0.717) is 19.5 Å². The van der Waals surface area contributed by atoms with Crippen molar-refractivity contribution in [3.63, 3.8) is 0 Å². The first kappa shape index (κ1) is 18.7. The standard InChI is InChI=1S/C20H29N3O3/c1-21-11-13-23(14-12-21)20(25)17-7-9-22(10-8-17)19(24)15-16-3-5-18(26-2)6-4-16/h3-6,17H,7-15H2,1-2H3. The molecule has 0 saturated carbocycles. The molecule has 2 saturated heterocycles. The van der Waals surface area contributed by atoms with E-state index in [1.807, 2.05) is 34.1 Å². The van der Waals surface area contributed by atoms with Gasteiger partial charge in [0.25, 0.3) is 0 Å². The van der Waals surface area contributed by atoms with Gasteiger partial charge in [-0.05, 0) is 37.6 Å². The molecule has 6 nitrogen and oxygen atoms in total. The lowest BCUT2D eigenvalue weighted by Gasteiger charge is -2.37. The highest BCUT2D eigenvalue weighted by atomic mass is 16.5. The zero-order valence-electron chi connectivity index (χ0n) is 15.8. The van der Waals surface area contributed by atoms with Crippen LogP contribution in [0.2, 0.25) is 0 Å². The molecular formula is C20H29N3O3. The van der Waals surface area contributed by atoms with Crippen LogP contribution >= 0.6 is 0 Å². The van der Waals surface area contributed by atoms with E-state index < -0.39 is 0 Å². The van der Waals surface area contributed by atoms with Crippen molar-refractivity contribution in [1.29, 1.82) is 0 Å². The predicted octanol–water partition coefficient (Wildman–Crippen LogP) is 1.25. The van der Waals surface area contributed by atoms with Crippen LogP contribution in [0.3, 0.4) is 0 Å². The summed E-state index contributed by atoms with van der Waals surface area (Å²) in [5.41, 5.74) is 0.992. The first-order chi connectivity index (χ1) is 12.6. The topological polar surface area (TPSA) is 53.1 Å². The third-order valence-corrected chi connectivity index (χ3v) is 5.53. The van der Waals surface area contributed by atoms with E-state index in [4.69, 9.17) is 4.74 Å². The number of likely N-dealkylation sites (tertiary alicyclic amines) is 1. The number of ether oxygens (including phenoxy) is 1. The number of hydrogen-bond donors (Lipinski definition) is 0. The molecule has 0 atom stereocenters. The van der Waals surface area contributed by atoms with Gasteiger partial charge in [0.05, 0.1) is 13.5 Å².